The lowest BCUT2D eigenvalue weighted by Crippen LogP contribution is -2.38. The van der Waals surface area contributed by atoms with Crippen LogP contribution in [0.3, 0.4) is 0 Å². The van der Waals surface area contributed by atoms with Crippen molar-refractivity contribution in [3.63, 3.8) is 0 Å². The number of hydrogen-bond donors (Lipinski definition) is 4. The van der Waals surface area contributed by atoms with Crippen molar-refractivity contribution in [2.75, 3.05) is 16.4 Å². The highest BCUT2D eigenvalue weighted by atomic mass is 19.1. The molecular formula is C31H27FN4O4. The molecule has 1 aliphatic rings. The zero-order valence-electron chi connectivity index (χ0n) is 21.4. The second-order valence-corrected chi connectivity index (χ2v) is 9.70. The molecule has 0 radical (unpaired) electrons. The van der Waals surface area contributed by atoms with Crippen LogP contribution in [0.2, 0.25) is 0 Å². The van der Waals surface area contributed by atoms with Crippen LogP contribution in [0, 0.1) is 11.7 Å². The second-order valence-electron chi connectivity index (χ2n) is 9.70. The minimum Gasteiger partial charge on any atom is -0.433 e. The summed E-state index contributed by atoms with van der Waals surface area (Å²) < 4.78 is 18.6. The minimum absolute atomic E-state index is 0.205. The van der Waals surface area contributed by atoms with Crippen LogP contribution in [-0.4, -0.2) is 23.5 Å². The SMILES string of the molecule is NC(=O)OC1(C(=O)Nc2ccc(C(=O)Nc3cc(-c4ccc(F)cc4)ccc3N)cc2)CC1Cc1ccccc1. The molecule has 5 rings (SSSR count). The van der Waals surface area contributed by atoms with Crippen molar-refractivity contribution in [3.05, 3.63) is 114 Å². The Morgan fingerprint density at radius 2 is 1.55 bits per heavy atom. The van der Waals surface area contributed by atoms with Crippen LogP contribution >= 0.6 is 0 Å². The third-order valence-corrected chi connectivity index (χ3v) is 6.92. The predicted molar refractivity (Wildman–Crippen MR) is 151 cm³/mol. The molecule has 0 aromatic heterocycles. The van der Waals surface area contributed by atoms with Gasteiger partial charge in [0.05, 0.1) is 11.4 Å². The van der Waals surface area contributed by atoms with Gasteiger partial charge in [-0.05, 0) is 71.6 Å². The fourth-order valence-electron chi connectivity index (χ4n) is 4.69. The van der Waals surface area contributed by atoms with Gasteiger partial charge in [0.15, 0.2) is 5.60 Å². The first-order valence-electron chi connectivity index (χ1n) is 12.6. The number of nitrogens with two attached hydrogens (primary N) is 2. The van der Waals surface area contributed by atoms with E-state index in [9.17, 15) is 18.8 Å². The fraction of sp³-hybridized carbons (Fsp3) is 0.129. The zero-order chi connectivity index (χ0) is 28.3. The van der Waals surface area contributed by atoms with E-state index in [-0.39, 0.29) is 11.7 Å². The number of halogens is 1. The summed E-state index contributed by atoms with van der Waals surface area (Å²) in [6.45, 7) is 0. The summed E-state index contributed by atoms with van der Waals surface area (Å²) in [5.41, 5.74) is 14.1. The monoisotopic (exact) mass is 538 g/mol. The van der Waals surface area contributed by atoms with E-state index < -0.39 is 23.5 Å². The van der Waals surface area contributed by atoms with Crippen molar-refractivity contribution in [2.45, 2.75) is 18.4 Å². The molecule has 2 unspecified atom stereocenters. The van der Waals surface area contributed by atoms with Gasteiger partial charge in [-0.15, -0.1) is 0 Å². The maximum absolute atomic E-state index is 13.3. The average molecular weight is 539 g/mol. The number of amides is 3. The summed E-state index contributed by atoms with van der Waals surface area (Å²) in [5, 5.41) is 5.57. The minimum atomic E-state index is -1.34. The maximum Gasteiger partial charge on any atom is 0.405 e. The summed E-state index contributed by atoms with van der Waals surface area (Å²) >= 11 is 0. The Labute approximate surface area is 230 Å². The number of anilines is 3. The largest absolute Gasteiger partial charge is 0.433 e. The van der Waals surface area contributed by atoms with Crippen molar-refractivity contribution in [3.8, 4) is 11.1 Å². The lowest BCUT2D eigenvalue weighted by molar-refractivity contribution is -0.127. The van der Waals surface area contributed by atoms with Crippen LogP contribution < -0.4 is 22.1 Å². The smallest absolute Gasteiger partial charge is 0.405 e. The predicted octanol–water partition coefficient (Wildman–Crippen LogP) is 5.36. The Morgan fingerprint density at radius 1 is 0.875 bits per heavy atom. The Balaban J connectivity index is 1.25. The molecule has 4 aromatic carbocycles. The van der Waals surface area contributed by atoms with Gasteiger partial charge in [0.25, 0.3) is 11.8 Å². The highest BCUT2D eigenvalue weighted by Gasteiger charge is 2.63. The van der Waals surface area contributed by atoms with E-state index in [1.807, 2.05) is 30.3 Å². The summed E-state index contributed by atoms with van der Waals surface area (Å²) in [4.78, 5) is 37.6. The Bertz CT molecular complexity index is 1560. The molecule has 0 heterocycles. The quantitative estimate of drug-likeness (QED) is 0.224. The van der Waals surface area contributed by atoms with Crippen LogP contribution in [0.15, 0.2) is 97.1 Å². The Kier molecular flexibility index (Phi) is 7.20. The first-order valence-corrected chi connectivity index (χ1v) is 12.6. The summed E-state index contributed by atoms with van der Waals surface area (Å²) in [6.07, 6.45) is -0.0951. The van der Waals surface area contributed by atoms with E-state index in [1.165, 1.54) is 12.1 Å². The van der Waals surface area contributed by atoms with Crippen molar-refractivity contribution in [1.29, 1.82) is 0 Å². The third-order valence-electron chi connectivity index (χ3n) is 6.92. The molecule has 6 N–H and O–H groups in total. The molecule has 1 aliphatic carbocycles. The number of rotatable bonds is 8. The van der Waals surface area contributed by atoms with Crippen LogP contribution in [0.5, 0.6) is 0 Å². The van der Waals surface area contributed by atoms with E-state index in [4.69, 9.17) is 16.2 Å². The highest BCUT2D eigenvalue weighted by molar-refractivity contribution is 6.07. The molecule has 0 aliphatic heterocycles. The zero-order valence-corrected chi connectivity index (χ0v) is 21.4. The molecule has 1 saturated carbocycles. The molecule has 4 aromatic rings. The average Bonchev–Trinajstić information content (AvgIpc) is 3.63. The summed E-state index contributed by atoms with van der Waals surface area (Å²) in [7, 11) is 0. The van der Waals surface area contributed by atoms with Gasteiger partial charge in [0, 0.05) is 23.6 Å². The van der Waals surface area contributed by atoms with Gasteiger partial charge in [-0.1, -0.05) is 48.5 Å². The number of carbonyl (C=O) groups excluding carboxylic acids is 3. The van der Waals surface area contributed by atoms with Crippen LogP contribution in [-0.2, 0) is 16.0 Å². The van der Waals surface area contributed by atoms with Gasteiger partial charge in [0.1, 0.15) is 5.82 Å². The first kappa shape index (κ1) is 26.4. The molecule has 3 amide bonds. The van der Waals surface area contributed by atoms with E-state index in [0.29, 0.717) is 35.5 Å². The van der Waals surface area contributed by atoms with Crippen molar-refractivity contribution < 1.29 is 23.5 Å². The van der Waals surface area contributed by atoms with Crippen molar-refractivity contribution in [2.24, 2.45) is 11.7 Å². The van der Waals surface area contributed by atoms with Crippen molar-refractivity contribution in [1.82, 2.24) is 0 Å². The van der Waals surface area contributed by atoms with Crippen molar-refractivity contribution >= 4 is 35.0 Å². The van der Waals surface area contributed by atoms with Crippen LogP contribution in [0.1, 0.15) is 22.3 Å². The lowest BCUT2D eigenvalue weighted by atomic mass is 10.0. The van der Waals surface area contributed by atoms with E-state index >= 15 is 0 Å². The number of benzene rings is 4. The fourth-order valence-corrected chi connectivity index (χ4v) is 4.69. The highest BCUT2D eigenvalue weighted by Crippen LogP contribution is 2.49. The molecule has 1 fully saturated rings. The van der Waals surface area contributed by atoms with E-state index in [2.05, 4.69) is 10.6 Å². The number of carbonyl (C=O) groups is 3. The van der Waals surface area contributed by atoms with Crippen LogP contribution in [0.25, 0.3) is 11.1 Å². The first-order chi connectivity index (χ1) is 19.2. The third kappa shape index (κ3) is 5.78. The second kappa shape index (κ2) is 10.9. The molecule has 40 heavy (non-hydrogen) atoms. The molecule has 2 atom stereocenters. The molecule has 9 heteroatoms. The summed E-state index contributed by atoms with van der Waals surface area (Å²) in [5.74, 6) is -1.43. The van der Waals surface area contributed by atoms with Crippen LogP contribution in [0.4, 0.5) is 26.2 Å². The molecule has 0 saturated heterocycles. The van der Waals surface area contributed by atoms with Gasteiger partial charge >= 0.3 is 6.09 Å². The van der Waals surface area contributed by atoms with Gasteiger partial charge in [-0.2, -0.15) is 0 Å². The van der Waals surface area contributed by atoms with Gasteiger partial charge in [-0.25, -0.2) is 9.18 Å². The Hall–Kier alpha value is -5.18. The number of hydrogen-bond acceptors (Lipinski definition) is 5. The normalized spacial score (nSPS) is 17.5. The standard InChI is InChI=1S/C31H27FN4O4/c32-24-11-6-20(7-12-24)22-10-15-26(33)27(17-22)36-28(37)21-8-13-25(14-9-21)35-29(38)31(40-30(34)39)18-23(31)16-19-4-2-1-3-5-19/h1-15,17,23H,16,18,33H2,(H2,34,39)(H,35,38)(H,36,37). The molecule has 0 bridgehead atoms. The maximum atomic E-state index is 13.3. The van der Waals surface area contributed by atoms with E-state index in [1.54, 1.807) is 54.6 Å². The number of primary amides is 1. The van der Waals surface area contributed by atoms with Gasteiger partial charge in [-0.3, -0.25) is 9.59 Å². The number of nitrogens with one attached hydrogen (secondary N) is 2. The molecular weight excluding hydrogens is 511 g/mol. The molecule has 0 spiro atoms. The number of nitrogen functional groups attached to an aromatic ring is 1. The van der Waals surface area contributed by atoms with E-state index in [0.717, 1.165) is 16.7 Å². The van der Waals surface area contributed by atoms with Gasteiger partial charge < -0.3 is 26.8 Å². The molecule has 8 nitrogen and oxygen atoms in total. The lowest BCUT2D eigenvalue weighted by Gasteiger charge is -2.17. The Morgan fingerprint density at radius 3 is 2.23 bits per heavy atom. The topological polar surface area (TPSA) is 137 Å². The number of ether oxygens (including phenoxy) is 1. The summed E-state index contributed by atoms with van der Waals surface area (Å²) in [6, 6.07) is 27.1. The molecule has 202 valence electrons. The van der Waals surface area contributed by atoms with Gasteiger partial charge in [0.2, 0.25) is 0 Å².